The minimum atomic E-state index is -1.16. The van der Waals surface area contributed by atoms with Crippen molar-refractivity contribution in [1.82, 2.24) is 29.9 Å². The number of carboxylic acids is 1. The Hall–Kier alpha value is -4.95. The molecule has 1 saturated carbocycles. The van der Waals surface area contributed by atoms with E-state index in [-0.39, 0.29) is 81.4 Å². The second kappa shape index (κ2) is 15.1. The molecule has 3 aliphatic rings. The van der Waals surface area contributed by atoms with Crippen LogP contribution in [0.25, 0.3) is 10.9 Å². The molecule has 1 atom stereocenters. The normalized spacial score (nSPS) is 17.2. The van der Waals surface area contributed by atoms with E-state index in [1.54, 1.807) is 36.1 Å². The van der Waals surface area contributed by atoms with E-state index in [2.05, 4.69) is 10.3 Å². The molecule has 15 nitrogen and oxygen atoms in total. The SMILES string of the molecule is CCOC(=O)N1CCN(C(=O)C(CCC(=O)O)NC(=O)c2cc(OCC(=O)N3CCN(C(=O)C4CC4)CC3)c3ccccc3n2)CC1. The van der Waals surface area contributed by atoms with E-state index in [1.807, 2.05) is 4.90 Å². The first-order chi connectivity index (χ1) is 22.6. The van der Waals surface area contributed by atoms with Crippen LogP contribution in [0.5, 0.6) is 5.75 Å². The molecule has 1 aromatic heterocycles. The molecule has 3 fully saturated rings. The molecule has 1 unspecified atom stereocenters. The van der Waals surface area contributed by atoms with Crippen LogP contribution >= 0.6 is 0 Å². The third kappa shape index (κ3) is 8.45. The number of para-hydroxylation sites is 1. The van der Waals surface area contributed by atoms with Gasteiger partial charge >= 0.3 is 12.1 Å². The molecule has 2 aliphatic heterocycles. The molecular weight excluding hydrogens is 612 g/mol. The first-order valence-electron chi connectivity index (χ1n) is 16.0. The van der Waals surface area contributed by atoms with Crippen molar-refractivity contribution >= 4 is 46.6 Å². The van der Waals surface area contributed by atoms with Gasteiger partial charge in [-0.25, -0.2) is 9.78 Å². The number of carboxylic acid groups (broad SMARTS) is 1. The molecule has 3 heterocycles. The highest BCUT2D eigenvalue weighted by atomic mass is 16.6. The first kappa shape index (κ1) is 33.4. The fraction of sp³-hybridized carbons (Fsp3) is 0.531. The summed E-state index contributed by atoms with van der Waals surface area (Å²) in [5.74, 6) is -2.01. The van der Waals surface area contributed by atoms with E-state index in [0.29, 0.717) is 37.1 Å². The maximum atomic E-state index is 13.5. The van der Waals surface area contributed by atoms with Crippen molar-refractivity contribution in [3.05, 3.63) is 36.0 Å². The molecule has 47 heavy (non-hydrogen) atoms. The summed E-state index contributed by atoms with van der Waals surface area (Å²) in [6, 6.07) is 7.19. The Morgan fingerprint density at radius 2 is 1.55 bits per heavy atom. The summed E-state index contributed by atoms with van der Waals surface area (Å²) in [7, 11) is 0. The minimum absolute atomic E-state index is 0.0707. The Morgan fingerprint density at radius 3 is 2.21 bits per heavy atom. The second-order valence-corrected chi connectivity index (χ2v) is 11.8. The maximum Gasteiger partial charge on any atom is 0.409 e. The molecule has 2 aromatic rings. The molecule has 0 spiro atoms. The van der Waals surface area contributed by atoms with Crippen LogP contribution in [0.1, 0.15) is 43.1 Å². The zero-order chi connectivity index (χ0) is 33.5. The number of carbonyl (C=O) groups is 6. The first-order valence-corrected chi connectivity index (χ1v) is 16.0. The van der Waals surface area contributed by atoms with Crippen molar-refractivity contribution in [1.29, 1.82) is 0 Å². The number of piperazine rings is 2. The van der Waals surface area contributed by atoms with Crippen molar-refractivity contribution < 1.29 is 43.3 Å². The fourth-order valence-electron chi connectivity index (χ4n) is 5.68. The molecule has 5 rings (SSSR count). The number of rotatable bonds is 11. The van der Waals surface area contributed by atoms with Gasteiger partial charge in [-0.05, 0) is 38.3 Å². The lowest BCUT2D eigenvalue weighted by Gasteiger charge is -2.35. The van der Waals surface area contributed by atoms with Crippen molar-refractivity contribution in [3.63, 3.8) is 0 Å². The Morgan fingerprint density at radius 1 is 0.915 bits per heavy atom. The monoisotopic (exact) mass is 652 g/mol. The summed E-state index contributed by atoms with van der Waals surface area (Å²) in [4.78, 5) is 86.6. The number of hydrogen-bond acceptors (Lipinski definition) is 9. The van der Waals surface area contributed by atoms with E-state index in [4.69, 9.17) is 9.47 Å². The van der Waals surface area contributed by atoms with Gasteiger partial charge in [0, 0.05) is 76.1 Å². The van der Waals surface area contributed by atoms with Crippen LogP contribution in [0.15, 0.2) is 30.3 Å². The van der Waals surface area contributed by atoms with E-state index < -0.39 is 29.9 Å². The minimum Gasteiger partial charge on any atom is -0.483 e. The van der Waals surface area contributed by atoms with Gasteiger partial charge in [-0.2, -0.15) is 0 Å². The van der Waals surface area contributed by atoms with E-state index in [9.17, 15) is 33.9 Å². The largest absolute Gasteiger partial charge is 0.483 e. The third-order valence-corrected chi connectivity index (χ3v) is 8.50. The van der Waals surface area contributed by atoms with Crippen molar-refractivity contribution in [2.24, 2.45) is 5.92 Å². The summed E-state index contributed by atoms with van der Waals surface area (Å²) in [6.45, 7) is 4.30. The van der Waals surface area contributed by atoms with Crippen molar-refractivity contribution in [3.8, 4) is 5.75 Å². The number of aliphatic carboxylic acids is 1. The molecule has 1 aliphatic carbocycles. The van der Waals surface area contributed by atoms with Gasteiger partial charge in [0.25, 0.3) is 11.8 Å². The maximum absolute atomic E-state index is 13.5. The summed E-state index contributed by atoms with van der Waals surface area (Å²) in [5, 5.41) is 12.5. The van der Waals surface area contributed by atoms with E-state index in [0.717, 1.165) is 12.8 Å². The molecule has 0 bridgehead atoms. The Kier molecular flexibility index (Phi) is 10.7. The highest BCUT2D eigenvalue weighted by molar-refractivity contribution is 5.99. The van der Waals surface area contributed by atoms with Gasteiger partial charge in [-0.3, -0.25) is 24.0 Å². The third-order valence-electron chi connectivity index (χ3n) is 8.50. The number of hydrogen-bond donors (Lipinski definition) is 2. The quantitative estimate of drug-likeness (QED) is 0.355. The summed E-state index contributed by atoms with van der Waals surface area (Å²) >= 11 is 0. The Bertz CT molecular complexity index is 1510. The summed E-state index contributed by atoms with van der Waals surface area (Å²) in [5.41, 5.74) is 0.358. The highest BCUT2D eigenvalue weighted by Gasteiger charge is 2.35. The lowest BCUT2D eigenvalue weighted by molar-refractivity contribution is -0.141. The lowest BCUT2D eigenvalue weighted by atomic mass is 10.1. The van der Waals surface area contributed by atoms with Gasteiger partial charge in [0.1, 0.15) is 17.5 Å². The average Bonchev–Trinajstić information content (AvgIpc) is 3.94. The van der Waals surface area contributed by atoms with Crippen LogP contribution in [0.2, 0.25) is 0 Å². The molecule has 252 valence electrons. The zero-order valence-corrected chi connectivity index (χ0v) is 26.4. The number of carbonyl (C=O) groups excluding carboxylic acids is 5. The van der Waals surface area contributed by atoms with Gasteiger partial charge in [0.2, 0.25) is 11.8 Å². The number of fused-ring (bicyclic) bond motifs is 1. The van der Waals surface area contributed by atoms with Crippen LogP contribution in [0.3, 0.4) is 0 Å². The van der Waals surface area contributed by atoms with Crippen LogP contribution in [0, 0.1) is 5.92 Å². The molecule has 2 saturated heterocycles. The van der Waals surface area contributed by atoms with E-state index in [1.165, 1.54) is 15.9 Å². The van der Waals surface area contributed by atoms with E-state index >= 15 is 0 Å². The number of nitrogens with zero attached hydrogens (tertiary/aromatic N) is 5. The number of amides is 5. The Labute approximate surface area is 271 Å². The van der Waals surface area contributed by atoms with Gasteiger partial charge in [0.05, 0.1) is 12.1 Å². The van der Waals surface area contributed by atoms with Crippen molar-refractivity contribution in [2.45, 2.75) is 38.6 Å². The Balaban J connectivity index is 1.24. The van der Waals surface area contributed by atoms with Crippen molar-refractivity contribution in [2.75, 3.05) is 65.6 Å². The van der Waals surface area contributed by atoms with Gasteiger partial charge in [-0.1, -0.05) is 12.1 Å². The van der Waals surface area contributed by atoms with Gasteiger partial charge < -0.3 is 39.5 Å². The van der Waals surface area contributed by atoms with Crippen LogP contribution in [-0.2, 0) is 23.9 Å². The molecule has 5 amide bonds. The number of aromatic nitrogens is 1. The smallest absolute Gasteiger partial charge is 0.409 e. The number of pyridine rings is 1. The lowest BCUT2D eigenvalue weighted by Crippen LogP contribution is -2.56. The molecular formula is C32H40N6O9. The standard InChI is InChI=1S/C32H40N6O9/c1-2-46-32(45)38-17-15-37(16-18-38)31(44)24(9-10-28(40)41)34-29(42)25-19-26(22-5-3-4-6-23(22)33-25)47-20-27(39)35-11-13-36(14-12-35)30(43)21-7-8-21/h3-6,19,21,24H,2,7-18,20H2,1H3,(H,34,42)(H,40,41). The van der Waals surface area contributed by atoms with Gasteiger partial charge in [-0.15, -0.1) is 0 Å². The van der Waals surface area contributed by atoms with Crippen LogP contribution in [-0.4, -0.2) is 137 Å². The fourth-order valence-corrected chi connectivity index (χ4v) is 5.68. The summed E-state index contributed by atoms with van der Waals surface area (Å²) in [6.07, 6.45) is 0.884. The zero-order valence-electron chi connectivity index (χ0n) is 26.4. The molecule has 15 heteroatoms. The predicted molar refractivity (Wildman–Crippen MR) is 166 cm³/mol. The molecule has 2 N–H and O–H groups in total. The van der Waals surface area contributed by atoms with Gasteiger partial charge in [0.15, 0.2) is 6.61 Å². The number of benzene rings is 1. The average molecular weight is 653 g/mol. The molecule has 1 aromatic carbocycles. The highest BCUT2D eigenvalue weighted by Crippen LogP contribution is 2.31. The van der Waals surface area contributed by atoms with Crippen LogP contribution < -0.4 is 10.1 Å². The second-order valence-electron chi connectivity index (χ2n) is 11.8. The van der Waals surface area contributed by atoms with Crippen LogP contribution in [0.4, 0.5) is 4.79 Å². The predicted octanol–water partition coefficient (Wildman–Crippen LogP) is 0.958. The summed E-state index contributed by atoms with van der Waals surface area (Å²) < 4.78 is 11.0. The number of nitrogens with one attached hydrogen (secondary N) is 1. The molecule has 0 radical (unpaired) electrons. The topological polar surface area (TPSA) is 179 Å². The number of ether oxygens (including phenoxy) is 2.